The van der Waals surface area contributed by atoms with E-state index in [4.69, 9.17) is 9.97 Å². The molecule has 6 aliphatic rings. The molecule has 1 aromatic heterocycles. The first-order valence-corrected chi connectivity index (χ1v) is 12.8. The third-order valence-electron chi connectivity index (χ3n) is 9.20. The number of fused-ring (bicyclic) bond motifs is 1. The Kier molecular flexibility index (Phi) is 4.78. The number of hydrogen-bond acceptors (Lipinski definition) is 4. The molecule has 4 bridgehead atoms. The number of anilines is 1. The number of carbonyl (C=O) groups excluding carboxylic acids is 1. The monoisotopic (exact) mass is 424 g/mol. The molecule has 7 rings (SSSR count). The van der Waals surface area contributed by atoms with Crippen LogP contribution in [0.25, 0.3) is 0 Å². The van der Waals surface area contributed by atoms with E-state index in [9.17, 15) is 4.79 Å². The molecule has 4 saturated carbocycles. The number of carbonyl (C=O) groups is 1. The lowest BCUT2D eigenvalue weighted by atomic mass is 9.49. The Hall–Kier alpha value is -1.69. The lowest BCUT2D eigenvalue weighted by Gasteiger charge is -2.56. The molecule has 0 aromatic carbocycles. The summed E-state index contributed by atoms with van der Waals surface area (Å²) in [6, 6.07) is 0. The summed E-state index contributed by atoms with van der Waals surface area (Å²) in [6.45, 7) is 11.5. The number of aromatic nitrogens is 2. The van der Waals surface area contributed by atoms with E-state index < -0.39 is 0 Å². The Balaban J connectivity index is 1.26. The second-order valence-corrected chi connectivity index (χ2v) is 11.3. The maximum absolute atomic E-state index is 14.0. The van der Waals surface area contributed by atoms with Crippen molar-refractivity contribution >= 4 is 11.7 Å². The number of quaternary nitrogens is 1. The third kappa shape index (κ3) is 3.37. The van der Waals surface area contributed by atoms with Gasteiger partial charge < -0.3 is 14.7 Å². The first kappa shape index (κ1) is 20.0. The Morgan fingerprint density at radius 2 is 1.68 bits per heavy atom. The number of hydrogen-bond donors (Lipinski definition) is 1. The first-order chi connectivity index (χ1) is 15.0. The molecule has 0 radical (unpaired) electrons. The zero-order chi connectivity index (χ0) is 21.2. The van der Waals surface area contributed by atoms with Crippen LogP contribution in [-0.4, -0.2) is 60.0 Å². The van der Waals surface area contributed by atoms with E-state index in [1.807, 2.05) is 6.92 Å². The number of rotatable bonds is 3. The van der Waals surface area contributed by atoms with Crippen molar-refractivity contribution in [2.75, 3.05) is 44.2 Å². The van der Waals surface area contributed by atoms with Gasteiger partial charge in [-0.1, -0.05) is 0 Å². The summed E-state index contributed by atoms with van der Waals surface area (Å²) >= 11 is 0. The highest BCUT2D eigenvalue weighted by Gasteiger charge is 2.55. The number of amides is 1. The largest absolute Gasteiger partial charge is 0.345 e. The predicted octanol–water partition coefficient (Wildman–Crippen LogP) is 1.61. The van der Waals surface area contributed by atoms with Crippen LogP contribution >= 0.6 is 0 Å². The average molecular weight is 425 g/mol. The van der Waals surface area contributed by atoms with Crippen LogP contribution in [0, 0.1) is 30.1 Å². The molecule has 3 heterocycles. The zero-order valence-corrected chi connectivity index (χ0v) is 19.3. The molecule has 0 atom stereocenters. The topological polar surface area (TPSA) is 53.8 Å². The number of piperazine rings is 1. The van der Waals surface area contributed by atoms with Crippen molar-refractivity contribution in [3.8, 4) is 0 Å². The number of aryl methyl sites for hydroxylation is 1. The summed E-state index contributed by atoms with van der Waals surface area (Å²) in [6.07, 6.45) is 8.50. The van der Waals surface area contributed by atoms with Crippen molar-refractivity contribution < 1.29 is 9.69 Å². The van der Waals surface area contributed by atoms with Gasteiger partial charge in [0.1, 0.15) is 11.6 Å². The van der Waals surface area contributed by atoms with Crippen LogP contribution in [0.5, 0.6) is 0 Å². The van der Waals surface area contributed by atoms with E-state index >= 15 is 0 Å². The molecule has 4 aliphatic carbocycles. The first-order valence-electron chi connectivity index (χ1n) is 12.8. The van der Waals surface area contributed by atoms with Crippen LogP contribution in [-0.2, 0) is 17.8 Å². The van der Waals surface area contributed by atoms with Crippen LogP contribution in [0.3, 0.4) is 0 Å². The maximum atomic E-state index is 14.0. The van der Waals surface area contributed by atoms with Crippen LogP contribution in [0.4, 0.5) is 5.82 Å². The average Bonchev–Trinajstić information content (AvgIpc) is 2.77. The van der Waals surface area contributed by atoms with Crippen LogP contribution < -0.4 is 9.80 Å². The summed E-state index contributed by atoms with van der Waals surface area (Å²) in [5, 5.41) is 0. The minimum atomic E-state index is -0.0475. The summed E-state index contributed by atoms with van der Waals surface area (Å²) in [4.78, 5) is 30.0. The molecule has 0 unspecified atom stereocenters. The molecule has 1 N–H and O–H groups in total. The molecule has 1 amide bonds. The summed E-state index contributed by atoms with van der Waals surface area (Å²) in [5.74, 6) is 4.88. The summed E-state index contributed by atoms with van der Waals surface area (Å²) < 4.78 is 0. The van der Waals surface area contributed by atoms with Crippen molar-refractivity contribution in [1.82, 2.24) is 14.9 Å². The second kappa shape index (κ2) is 7.43. The van der Waals surface area contributed by atoms with Crippen molar-refractivity contribution in [2.45, 2.75) is 65.3 Å². The lowest BCUT2D eigenvalue weighted by molar-refractivity contribution is -0.898. The zero-order valence-electron chi connectivity index (χ0n) is 19.3. The minimum Gasteiger partial charge on any atom is -0.345 e. The van der Waals surface area contributed by atoms with E-state index in [2.05, 4.69) is 16.7 Å². The van der Waals surface area contributed by atoms with Gasteiger partial charge >= 0.3 is 0 Å². The number of likely N-dealkylation sites (N-methyl/N-ethyl adjacent to an activating group) is 1. The molecular weight excluding hydrogens is 386 g/mol. The predicted molar refractivity (Wildman–Crippen MR) is 120 cm³/mol. The van der Waals surface area contributed by atoms with Crippen molar-refractivity contribution in [1.29, 1.82) is 0 Å². The van der Waals surface area contributed by atoms with Gasteiger partial charge in [0.2, 0.25) is 5.91 Å². The molecule has 6 nitrogen and oxygen atoms in total. The quantitative estimate of drug-likeness (QED) is 0.801. The van der Waals surface area contributed by atoms with Gasteiger partial charge in [0.05, 0.1) is 50.4 Å². The van der Waals surface area contributed by atoms with Crippen molar-refractivity contribution in [3.05, 3.63) is 17.1 Å². The molecule has 31 heavy (non-hydrogen) atoms. The summed E-state index contributed by atoms with van der Waals surface area (Å²) in [5.41, 5.74) is 2.37. The SMILES string of the molecule is CC[NH+]1CCN(c2nc(C)nc3c2CN(C(=O)C24CC5CC(CC(C5)C2)C4)CC3)CC1. The number of nitrogens with one attached hydrogen (secondary N) is 1. The fourth-order valence-corrected chi connectivity index (χ4v) is 8.05. The van der Waals surface area contributed by atoms with Crippen LogP contribution in [0.2, 0.25) is 0 Å². The standard InChI is InChI=1S/C25H37N5O/c1-3-28-6-8-29(9-7-28)23-21-16-30(5-4-22(21)26-17(2)27-23)24(31)25-13-18-10-19(14-25)12-20(11-18)15-25/h18-20H,3-16H2,1-2H3/p+1. The van der Waals surface area contributed by atoms with Crippen molar-refractivity contribution in [3.63, 3.8) is 0 Å². The van der Waals surface area contributed by atoms with Gasteiger partial charge in [0, 0.05) is 18.5 Å². The van der Waals surface area contributed by atoms with E-state index in [0.717, 1.165) is 74.7 Å². The number of nitrogens with zero attached hydrogens (tertiary/aromatic N) is 4. The van der Waals surface area contributed by atoms with Gasteiger partial charge in [-0.2, -0.15) is 0 Å². The van der Waals surface area contributed by atoms with Crippen LogP contribution in [0.15, 0.2) is 0 Å². The molecule has 2 aliphatic heterocycles. The van der Waals surface area contributed by atoms with Gasteiger partial charge in [-0.15, -0.1) is 0 Å². The highest BCUT2D eigenvalue weighted by atomic mass is 16.2. The van der Waals surface area contributed by atoms with Crippen LogP contribution in [0.1, 0.15) is 62.5 Å². The normalized spacial score (nSPS) is 34.8. The fourth-order valence-electron chi connectivity index (χ4n) is 8.05. The lowest BCUT2D eigenvalue weighted by Crippen LogP contribution is -3.14. The maximum Gasteiger partial charge on any atom is 0.229 e. The van der Waals surface area contributed by atoms with Gasteiger partial charge in [-0.05, 0) is 70.1 Å². The van der Waals surface area contributed by atoms with Gasteiger partial charge in [0.25, 0.3) is 0 Å². The molecule has 168 valence electrons. The van der Waals surface area contributed by atoms with Crippen molar-refractivity contribution in [2.24, 2.45) is 23.2 Å². The Morgan fingerprint density at radius 3 is 2.29 bits per heavy atom. The summed E-state index contributed by atoms with van der Waals surface area (Å²) in [7, 11) is 0. The Bertz CT molecular complexity index is 840. The Morgan fingerprint density at radius 1 is 1.03 bits per heavy atom. The fraction of sp³-hybridized carbons (Fsp3) is 0.800. The second-order valence-electron chi connectivity index (χ2n) is 11.3. The molecule has 1 aromatic rings. The highest BCUT2D eigenvalue weighted by molar-refractivity contribution is 5.83. The minimum absolute atomic E-state index is 0.0475. The Labute approximate surface area is 186 Å². The van der Waals surface area contributed by atoms with E-state index in [1.54, 1.807) is 4.90 Å². The molecule has 1 saturated heterocycles. The van der Waals surface area contributed by atoms with Gasteiger partial charge in [0.15, 0.2) is 0 Å². The van der Waals surface area contributed by atoms with E-state index in [0.29, 0.717) is 12.5 Å². The highest BCUT2D eigenvalue weighted by Crippen LogP contribution is 2.60. The molecule has 5 fully saturated rings. The van der Waals surface area contributed by atoms with E-state index in [-0.39, 0.29) is 5.41 Å². The van der Waals surface area contributed by atoms with Gasteiger partial charge in [-0.25, -0.2) is 9.97 Å². The molecule has 0 spiro atoms. The molecular formula is C25H38N5O+. The van der Waals surface area contributed by atoms with Gasteiger partial charge in [-0.3, -0.25) is 4.79 Å². The third-order valence-corrected chi connectivity index (χ3v) is 9.20. The molecule has 6 heteroatoms. The van der Waals surface area contributed by atoms with E-state index in [1.165, 1.54) is 50.2 Å². The smallest absolute Gasteiger partial charge is 0.229 e.